The van der Waals surface area contributed by atoms with Crippen LogP contribution in [-0.2, 0) is 0 Å². The van der Waals surface area contributed by atoms with E-state index in [1.807, 2.05) is 0 Å². The van der Waals surface area contributed by atoms with Gasteiger partial charge in [-0.15, -0.1) is 0 Å². The molecule has 0 saturated carbocycles. The van der Waals surface area contributed by atoms with Crippen molar-refractivity contribution in [2.24, 2.45) is 10.8 Å². The maximum Gasteiger partial charge on any atom is -0.0241 e. The fraction of sp³-hybridized carbons (Fsp3) is 0.938. The minimum absolute atomic E-state index is 0.359. The molecule has 0 nitrogen and oxygen atoms in total. The molecule has 0 amide bonds. The molecular weight excluding hydrogens is 192 g/mol. The molecule has 0 aromatic carbocycles. The van der Waals surface area contributed by atoms with Gasteiger partial charge in [-0.1, -0.05) is 80.6 Å². The highest BCUT2D eigenvalue weighted by Crippen LogP contribution is 2.48. The first-order valence-corrected chi connectivity index (χ1v) is 7.06. The summed E-state index contributed by atoms with van der Waals surface area (Å²) in [4.78, 5) is 0. The first kappa shape index (κ1) is 16.0. The Morgan fingerprint density at radius 3 is 1.75 bits per heavy atom. The molecule has 97 valence electrons. The number of hydrogen-bond acceptors (Lipinski definition) is 0. The van der Waals surface area contributed by atoms with Gasteiger partial charge in [-0.2, -0.15) is 0 Å². The van der Waals surface area contributed by atoms with Gasteiger partial charge >= 0.3 is 0 Å². The van der Waals surface area contributed by atoms with Crippen molar-refractivity contribution in [3.05, 3.63) is 5.92 Å². The summed E-state index contributed by atoms with van der Waals surface area (Å²) < 4.78 is 0. The third kappa shape index (κ3) is 4.47. The number of hydrogen-bond donors (Lipinski definition) is 0. The third-order valence-corrected chi connectivity index (χ3v) is 4.85. The monoisotopic (exact) mass is 225 g/mol. The number of rotatable bonds is 8. The summed E-state index contributed by atoms with van der Waals surface area (Å²) in [6.45, 7) is 16.5. The second kappa shape index (κ2) is 6.67. The van der Waals surface area contributed by atoms with Crippen molar-refractivity contribution in [2.75, 3.05) is 0 Å². The maximum atomic E-state index is 2.43. The van der Waals surface area contributed by atoms with E-state index < -0.39 is 0 Å². The molecule has 0 atom stereocenters. The van der Waals surface area contributed by atoms with E-state index in [0.29, 0.717) is 10.8 Å². The highest BCUT2D eigenvalue weighted by Gasteiger charge is 2.38. The van der Waals surface area contributed by atoms with Gasteiger partial charge in [0.15, 0.2) is 0 Å². The van der Waals surface area contributed by atoms with Crippen molar-refractivity contribution >= 4 is 0 Å². The van der Waals surface area contributed by atoms with Crippen LogP contribution >= 0.6 is 0 Å². The standard InChI is InChI=1S/C16H33/c1-8-9-10-11-12-13-15(4,5)16(6,7)14(2)3/h8-13H2,1-7H3. The zero-order chi connectivity index (χ0) is 12.8. The van der Waals surface area contributed by atoms with Gasteiger partial charge in [-0.3, -0.25) is 0 Å². The van der Waals surface area contributed by atoms with E-state index in [-0.39, 0.29) is 0 Å². The van der Waals surface area contributed by atoms with Crippen molar-refractivity contribution in [3.8, 4) is 0 Å². The van der Waals surface area contributed by atoms with Crippen LogP contribution in [0.3, 0.4) is 0 Å². The second-order valence-corrected chi connectivity index (χ2v) is 6.67. The summed E-state index contributed by atoms with van der Waals surface area (Å²) >= 11 is 0. The predicted octanol–water partition coefficient (Wildman–Crippen LogP) is 6.01. The Morgan fingerprint density at radius 1 is 0.812 bits per heavy atom. The molecule has 0 aromatic rings. The summed E-state index contributed by atoms with van der Waals surface area (Å²) in [7, 11) is 0. The molecule has 0 unspecified atom stereocenters. The Balaban J connectivity index is 4.04. The molecule has 0 aliphatic rings. The fourth-order valence-electron chi connectivity index (χ4n) is 2.16. The average Bonchev–Trinajstić information content (AvgIpc) is 2.16. The summed E-state index contributed by atoms with van der Waals surface area (Å²) in [6, 6.07) is 0. The molecule has 0 aliphatic carbocycles. The maximum absolute atomic E-state index is 2.43. The lowest BCUT2D eigenvalue weighted by Crippen LogP contribution is -2.36. The highest BCUT2D eigenvalue weighted by molar-refractivity contribution is 5.02. The van der Waals surface area contributed by atoms with E-state index in [1.54, 1.807) is 5.92 Å². The van der Waals surface area contributed by atoms with Crippen LogP contribution in [0, 0.1) is 16.7 Å². The van der Waals surface area contributed by atoms with Gasteiger partial charge in [-0.05, 0) is 23.2 Å². The van der Waals surface area contributed by atoms with E-state index in [9.17, 15) is 0 Å². The van der Waals surface area contributed by atoms with E-state index >= 15 is 0 Å². The van der Waals surface area contributed by atoms with Gasteiger partial charge in [0.25, 0.3) is 0 Å². The summed E-state index contributed by atoms with van der Waals surface area (Å²) in [6.07, 6.45) is 8.33. The van der Waals surface area contributed by atoms with Gasteiger partial charge in [0.2, 0.25) is 0 Å². The smallest absolute Gasteiger partial charge is 0.0241 e. The molecule has 0 aliphatic heterocycles. The zero-order valence-corrected chi connectivity index (χ0v) is 12.7. The zero-order valence-electron chi connectivity index (χ0n) is 12.7. The van der Waals surface area contributed by atoms with Gasteiger partial charge in [0.05, 0.1) is 0 Å². The molecule has 0 fully saturated rings. The van der Waals surface area contributed by atoms with Gasteiger partial charge in [0.1, 0.15) is 0 Å². The van der Waals surface area contributed by atoms with Crippen LogP contribution in [0.1, 0.15) is 87.0 Å². The molecule has 0 heteroatoms. The molecule has 0 spiro atoms. The van der Waals surface area contributed by atoms with Gasteiger partial charge in [0, 0.05) is 0 Å². The van der Waals surface area contributed by atoms with E-state index in [4.69, 9.17) is 0 Å². The molecular formula is C16H33. The molecule has 0 bridgehead atoms. The van der Waals surface area contributed by atoms with Crippen LogP contribution in [0.4, 0.5) is 0 Å². The molecule has 0 aromatic heterocycles. The SMILES string of the molecule is CCCCCCCC(C)(C)C(C)(C)[C](C)C. The van der Waals surface area contributed by atoms with Crippen LogP contribution < -0.4 is 0 Å². The lowest BCUT2D eigenvalue weighted by atomic mass is 9.60. The quantitative estimate of drug-likeness (QED) is 0.443. The molecule has 0 saturated heterocycles. The van der Waals surface area contributed by atoms with Crippen LogP contribution in [0.15, 0.2) is 0 Å². The average molecular weight is 225 g/mol. The van der Waals surface area contributed by atoms with E-state index in [1.165, 1.54) is 38.5 Å². The fourth-order valence-corrected chi connectivity index (χ4v) is 2.16. The second-order valence-electron chi connectivity index (χ2n) is 6.67. The van der Waals surface area contributed by atoms with Crippen molar-refractivity contribution in [3.63, 3.8) is 0 Å². The highest BCUT2D eigenvalue weighted by atomic mass is 14.4. The minimum Gasteiger partial charge on any atom is -0.0654 e. The van der Waals surface area contributed by atoms with Gasteiger partial charge < -0.3 is 0 Å². The van der Waals surface area contributed by atoms with Crippen LogP contribution in [0.2, 0.25) is 0 Å². The first-order chi connectivity index (χ1) is 7.25. The molecule has 1 radical (unpaired) electrons. The Kier molecular flexibility index (Phi) is 6.67. The molecule has 0 heterocycles. The van der Waals surface area contributed by atoms with Crippen molar-refractivity contribution in [1.82, 2.24) is 0 Å². The van der Waals surface area contributed by atoms with Crippen LogP contribution in [-0.4, -0.2) is 0 Å². The minimum atomic E-state index is 0.359. The Bertz CT molecular complexity index is 174. The molecule has 0 N–H and O–H groups in total. The summed E-state index contributed by atoms with van der Waals surface area (Å²) in [5, 5.41) is 0. The summed E-state index contributed by atoms with van der Waals surface area (Å²) in [5.74, 6) is 1.56. The van der Waals surface area contributed by atoms with E-state index in [2.05, 4.69) is 48.5 Å². The van der Waals surface area contributed by atoms with Crippen LogP contribution in [0.25, 0.3) is 0 Å². The predicted molar refractivity (Wildman–Crippen MR) is 75.5 cm³/mol. The van der Waals surface area contributed by atoms with Gasteiger partial charge in [-0.25, -0.2) is 0 Å². The third-order valence-electron chi connectivity index (χ3n) is 4.85. The topological polar surface area (TPSA) is 0 Å². The van der Waals surface area contributed by atoms with Crippen molar-refractivity contribution in [1.29, 1.82) is 0 Å². The molecule has 0 rings (SSSR count). The molecule has 16 heavy (non-hydrogen) atoms. The first-order valence-electron chi connectivity index (χ1n) is 7.06. The lowest BCUT2D eigenvalue weighted by molar-refractivity contribution is 0.111. The Labute approximate surface area is 104 Å². The Morgan fingerprint density at radius 2 is 1.31 bits per heavy atom. The number of unbranched alkanes of at least 4 members (excludes halogenated alkanes) is 4. The van der Waals surface area contributed by atoms with Crippen molar-refractivity contribution in [2.45, 2.75) is 87.0 Å². The Hall–Kier alpha value is 0. The van der Waals surface area contributed by atoms with Crippen LogP contribution in [0.5, 0.6) is 0 Å². The summed E-state index contributed by atoms with van der Waals surface area (Å²) in [5.41, 5.74) is 0.788. The largest absolute Gasteiger partial charge is 0.0654 e. The normalized spacial score (nSPS) is 13.5. The van der Waals surface area contributed by atoms with Crippen molar-refractivity contribution < 1.29 is 0 Å². The van der Waals surface area contributed by atoms with E-state index in [0.717, 1.165) is 0 Å². The lowest BCUT2D eigenvalue weighted by Gasteiger charge is -2.45.